The SMILES string of the molecule is CC(C)CC(C(=O)NCC(c1cccs1)N(C)C)N1C(=O)c2ccccc2C1=O. The van der Waals surface area contributed by atoms with Crippen molar-refractivity contribution >= 4 is 29.1 Å². The largest absolute Gasteiger partial charge is 0.352 e. The zero-order valence-corrected chi connectivity index (χ0v) is 18.0. The first-order valence-electron chi connectivity index (χ1n) is 9.75. The molecule has 1 aliphatic heterocycles. The van der Waals surface area contributed by atoms with Crippen LogP contribution in [-0.2, 0) is 4.79 Å². The summed E-state index contributed by atoms with van der Waals surface area (Å²) in [4.78, 5) is 43.2. The molecule has 1 aromatic carbocycles. The monoisotopic (exact) mass is 413 g/mol. The molecule has 6 nitrogen and oxygen atoms in total. The van der Waals surface area contributed by atoms with E-state index in [-0.39, 0.29) is 17.9 Å². The van der Waals surface area contributed by atoms with Crippen molar-refractivity contribution in [1.29, 1.82) is 0 Å². The molecule has 0 aliphatic carbocycles. The normalized spacial score (nSPS) is 15.7. The summed E-state index contributed by atoms with van der Waals surface area (Å²) in [5.74, 6) is -0.934. The summed E-state index contributed by atoms with van der Waals surface area (Å²) >= 11 is 1.64. The van der Waals surface area contributed by atoms with Crippen LogP contribution < -0.4 is 5.32 Å². The molecule has 2 atom stereocenters. The second-order valence-electron chi connectivity index (χ2n) is 7.91. The van der Waals surface area contributed by atoms with Gasteiger partial charge in [-0.2, -0.15) is 0 Å². The summed E-state index contributed by atoms with van der Waals surface area (Å²) < 4.78 is 0. The Kier molecular flexibility index (Phi) is 6.49. The summed E-state index contributed by atoms with van der Waals surface area (Å²) in [5.41, 5.74) is 0.729. The van der Waals surface area contributed by atoms with Gasteiger partial charge in [-0.05, 0) is 50.0 Å². The van der Waals surface area contributed by atoms with Gasteiger partial charge < -0.3 is 10.2 Å². The van der Waals surface area contributed by atoms with Crippen molar-refractivity contribution in [2.45, 2.75) is 32.4 Å². The third-order valence-electron chi connectivity index (χ3n) is 5.10. The zero-order valence-electron chi connectivity index (χ0n) is 17.2. The minimum Gasteiger partial charge on any atom is -0.352 e. The van der Waals surface area contributed by atoms with E-state index >= 15 is 0 Å². The number of fused-ring (bicyclic) bond motifs is 1. The smallest absolute Gasteiger partial charge is 0.262 e. The van der Waals surface area contributed by atoms with Gasteiger partial charge in [0.1, 0.15) is 6.04 Å². The number of rotatable bonds is 8. The minimum absolute atomic E-state index is 0.0285. The van der Waals surface area contributed by atoms with E-state index in [1.54, 1.807) is 35.6 Å². The lowest BCUT2D eigenvalue weighted by Crippen LogP contribution is -2.51. The highest BCUT2D eigenvalue weighted by molar-refractivity contribution is 7.10. The Morgan fingerprint density at radius 2 is 1.69 bits per heavy atom. The Bertz CT molecular complexity index is 857. The molecular weight excluding hydrogens is 386 g/mol. The number of imide groups is 1. The molecule has 2 unspecified atom stereocenters. The van der Waals surface area contributed by atoms with E-state index in [0.717, 1.165) is 9.78 Å². The number of hydrogen-bond donors (Lipinski definition) is 1. The van der Waals surface area contributed by atoms with Gasteiger partial charge >= 0.3 is 0 Å². The Morgan fingerprint density at radius 3 is 2.17 bits per heavy atom. The summed E-state index contributed by atoms with van der Waals surface area (Å²) in [7, 11) is 3.93. The lowest BCUT2D eigenvalue weighted by molar-refractivity contribution is -0.125. The number of carbonyl (C=O) groups is 3. The third kappa shape index (κ3) is 4.41. The van der Waals surface area contributed by atoms with Gasteiger partial charge in [0.15, 0.2) is 0 Å². The molecule has 3 rings (SSSR count). The van der Waals surface area contributed by atoms with Gasteiger partial charge in [0.05, 0.1) is 17.2 Å². The van der Waals surface area contributed by atoms with Crippen LogP contribution in [0, 0.1) is 5.92 Å². The van der Waals surface area contributed by atoms with Crippen LogP contribution in [0.1, 0.15) is 51.9 Å². The summed E-state index contributed by atoms with van der Waals surface area (Å²) in [5, 5.41) is 4.99. The molecule has 2 heterocycles. The molecule has 0 spiro atoms. The maximum Gasteiger partial charge on any atom is 0.262 e. The molecule has 0 saturated carbocycles. The number of hydrogen-bond acceptors (Lipinski definition) is 5. The molecule has 29 heavy (non-hydrogen) atoms. The number of likely N-dealkylation sites (N-methyl/N-ethyl adjacent to an activating group) is 1. The maximum absolute atomic E-state index is 13.1. The molecule has 0 radical (unpaired) electrons. The van der Waals surface area contributed by atoms with Crippen LogP contribution in [0.2, 0.25) is 0 Å². The molecular formula is C22H27N3O3S. The van der Waals surface area contributed by atoms with Crippen LogP contribution in [0.3, 0.4) is 0 Å². The van der Waals surface area contributed by atoms with E-state index in [0.29, 0.717) is 24.1 Å². The first-order valence-corrected chi connectivity index (χ1v) is 10.6. The van der Waals surface area contributed by atoms with Gasteiger partial charge in [0.25, 0.3) is 11.8 Å². The quantitative estimate of drug-likeness (QED) is 0.675. The highest BCUT2D eigenvalue weighted by Crippen LogP contribution is 2.27. The summed E-state index contributed by atoms with van der Waals surface area (Å²) in [6.07, 6.45) is 0.420. The zero-order chi connectivity index (χ0) is 21.1. The standard InChI is InChI=1S/C22H27N3O3S/c1-14(2)12-17(25-21(27)15-8-5-6-9-16(15)22(25)28)20(26)23-13-18(24(3)4)19-10-7-11-29-19/h5-11,14,17-18H,12-13H2,1-4H3,(H,23,26). The first kappa shape index (κ1) is 21.2. The molecule has 1 N–H and O–H groups in total. The molecule has 3 amide bonds. The number of amides is 3. The van der Waals surface area contributed by atoms with Crippen molar-refractivity contribution in [3.8, 4) is 0 Å². The molecule has 154 valence electrons. The van der Waals surface area contributed by atoms with E-state index in [1.807, 2.05) is 50.4 Å². The van der Waals surface area contributed by atoms with E-state index in [9.17, 15) is 14.4 Å². The van der Waals surface area contributed by atoms with Crippen LogP contribution in [0.4, 0.5) is 0 Å². The van der Waals surface area contributed by atoms with Gasteiger partial charge in [-0.1, -0.05) is 32.0 Å². The highest BCUT2D eigenvalue weighted by Gasteiger charge is 2.42. The van der Waals surface area contributed by atoms with Crippen LogP contribution in [0.5, 0.6) is 0 Å². The van der Waals surface area contributed by atoms with Crippen molar-refractivity contribution in [1.82, 2.24) is 15.1 Å². The van der Waals surface area contributed by atoms with E-state index in [2.05, 4.69) is 5.32 Å². The van der Waals surface area contributed by atoms with E-state index in [4.69, 9.17) is 0 Å². The molecule has 7 heteroatoms. The highest BCUT2D eigenvalue weighted by atomic mass is 32.1. The Hall–Kier alpha value is -2.51. The number of benzene rings is 1. The van der Waals surface area contributed by atoms with Crippen molar-refractivity contribution in [3.63, 3.8) is 0 Å². The molecule has 1 aromatic heterocycles. The summed E-state index contributed by atoms with van der Waals surface area (Å²) in [6.45, 7) is 4.36. The van der Waals surface area contributed by atoms with Gasteiger partial charge in [0, 0.05) is 11.4 Å². The fourth-order valence-electron chi connectivity index (χ4n) is 3.60. The number of thiophene rings is 1. The fraction of sp³-hybridized carbons (Fsp3) is 0.409. The summed E-state index contributed by atoms with van der Waals surface area (Å²) in [6, 6.07) is 9.96. The van der Waals surface area contributed by atoms with Crippen molar-refractivity contribution < 1.29 is 14.4 Å². The Labute approximate surface area is 175 Å². The Morgan fingerprint density at radius 1 is 1.07 bits per heavy atom. The average molecular weight is 414 g/mol. The fourth-order valence-corrected chi connectivity index (χ4v) is 4.52. The Balaban J connectivity index is 1.79. The van der Waals surface area contributed by atoms with Gasteiger partial charge in [-0.15, -0.1) is 11.3 Å². The van der Waals surface area contributed by atoms with E-state index < -0.39 is 17.9 Å². The number of carbonyl (C=O) groups excluding carboxylic acids is 3. The predicted octanol–water partition coefficient (Wildman–Crippen LogP) is 3.18. The van der Waals surface area contributed by atoms with Gasteiger partial charge in [0.2, 0.25) is 5.91 Å². The van der Waals surface area contributed by atoms with Crippen molar-refractivity contribution in [2.24, 2.45) is 5.92 Å². The van der Waals surface area contributed by atoms with Crippen LogP contribution in [0.25, 0.3) is 0 Å². The van der Waals surface area contributed by atoms with Crippen LogP contribution in [0.15, 0.2) is 41.8 Å². The number of nitrogens with zero attached hydrogens (tertiary/aromatic N) is 2. The molecule has 0 saturated heterocycles. The van der Waals surface area contributed by atoms with Gasteiger partial charge in [-0.3, -0.25) is 19.3 Å². The van der Waals surface area contributed by atoms with Crippen LogP contribution >= 0.6 is 11.3 Å². The predicted molar refractivity (Wildman–Crippen MR) is 114 cm³/mol. The molecule has 1 aliphatic rings. The van der Waals surface area contributed by atoms with Crippen molar-refractivity contribution in [2.75, 3.05) is 20.6 Å². The van der Waals surface area contributed by atoms with E-state index in [1.165, 1.54) is 0 Å². The van der Waals surface area contributed by atoms with Gasteiger partial charge in [-0.25, -0.2) is 0 Å². The second kappa shape index (κ2) is 8.88. The lowest BCUT2D eigenvalue weighted by Gasteiger charge is -2.29. The lowest BCUT2D eigenvalue weighted by atomic mass is 10.0. The van der Waals surface area contributed by atoms with Crippen LogP contribution in [-0.4, -0.2) is 54.2 Å². The second-order valence-corrected chi connectivity index (χ2v) is 8.89. The molecule has 2 aromatic rings. The minimum atomic E-state index is -0.825. The van der Waals surface area contributed by atoms with Crippen molar-refractivity contribution in [3.05, 3.63) is 57.8 Å². The molecule has 0 bridgehead atoms. The maximum atomic E-state index is 13.1. The number of nitrogens with one attached hydrogen (secondary N) is 1. The molecule has 0 fully saturated rings. The first-order chi connectivity index (χ1) is 13.8. The average Bonchev–Trinajstić information content (AvgIpc) is 3.28. The topological polar surface area (TPSA) is 69.7 Å². The third-order valence-corrected chi connectivity index (χ3v) is 6.07.